The van der Waals surface area contributed by atoms with Crippen molar-refractivity contribution in [2.75, 3.05) is 0 Å². The van der Waals surface area contributed by atoms with Gasteiger partial charge in [0.15, 0.2) is 0 Å². The SMILES string of the molecule is Cl.c1ccc2nc(CCc3ccc4ccccc4n3)ccc2c1. The molecule has 0 spiro atoms. The topological polar surface area (TPSA) is 25.8 Å². The van der Waals surface area contributed by atoms with Crippen molar-refractivity contribution in [1.29, 1.82) is 0 Å². The molecule has 0 N–H and O–H groups in total. The van der Waals surface area contributed by atoms with Crippen LogP contribution in [0.2, 0.25) is 0 Å². The Balaban J connectivity index is 0.00000156. The third-order valence-electron chi connectivity index (χ3n) is 3.95. The fourth-order valence-corrected chi connectivity index (χ4v) is 2.75. The summed E-state index contributed by atoms with van der Waals surface area (Å²) in [5.41, 5.74) is 4.36. The van der Waals surface area contributed by atoms with Gasteiger partial charge in [-0.3, -0.25) is 9.97 Å². The number of aromatic nitrogens is 2. The van der Waals surface area contributed by atoms with Crippen LogP contribution in [0.25, 0.3) is 21.8 Å². The van der Waals surface area contributed by atoms with Crippen molar-refractivity contribution in [3.05, 3.63) is 84.2 Å². The lowest BCUT2D eigenvalue weighted by molar-refractivity contribution is 0.893. The molecule has 0 aliphatic rings. The average molecular weight is 321 g/mol. The Bertz CT molecular complexity index is 871. The molecule has 0 saturated heterocycles. The van der Waals surface area contributed by atoms with E-state index in [2.05, 4.69) is 48.5 Å². The number of benzene rings is 2. The molecular weight excluding hydrogens is 304 g/mol. The largest absolute Gasteiger partial charge is 0.253 e. The van der Waals surface area contributed by atoms with Crippen LogP contribution >= 0.6 is 12.4 Å². The minimum atomic E-state index is 0. The highest BCUT2D eigenvalue weighted by Crippen LogP contribution is 2.15. The molecule has 0 aliphatic heterocycles. The Morgan fingerprint density at radius 2 is 0.957 bits per heavy atom. The molecule has 2 aromatic carbocycles. The molecule has 0 fully saturated rings. The molecule has 0 radical (unpaired) electrons. The zero-order valence-electron chi connectivity index (χ0n) is 12.6. The maximum Gasteiger partial charge on any atom is 0.0705 e. The first-order valence-electron chi connectivity index (χ1n) is 7.58. The predicted molar refractivity (Wildman–Crippen MR) is 98.1 cm³/mol. The Kier molecular flexibility index (Phi) is 4.54. The minimum absolute atomic E-state index is 0. The number of nitrogens with zero attached hydrogens (tertiary/aromatic N) is 2. The maximum absolute atomic E-state index is 4.72. The molecule has 0 unspecified atom stereocenters. The lowest BCUT2D eigenvalue weighted by Crippen LogP contribution is -1.97. The van der Waals surface area contributed by atoms with E-state index in [1.165, 1.54) is 10.8 Å². The number of pyridine rings is 2. The number of para-hydroxylation sites is 2. The Morgan fingerprint density at radius 1 is 0.522 bits per heavy atom. The molecule has 0 atom stereocenters. The summed E-state index contributed by atoms with van der Waals surface area (Å²) in [5, 5.41) is 2.38. The van der Waals surface area contributed by atoms with Crippen LogP contribution in [-0.4, -0.2) is 9.97 Å². The van der Waals surface area contributed by atoms with Crippen molar-refractivity contribution in [2.24, 2.45) is 0 Å². The molecule has 23 heavy (non-hydrogen) atoms. The molecule has 0 saturated carbocycles. The van der Waals surface area contributed by atoms with Gasteiger partial charge in [0, 0.05) is 22.2 Å². The third-order valence-corrected chi connectivity index (χ3v) is 3.95. The van der Waals surface area contributed by atoms with Crippen molar-refractivity contribution in [3.63, 3.8) is 0 Å². The summed E-state index contributed by atoms with van der Waals surface area (Å²) in [5.74, 6) is 0. The standard InChI is InChI=1S/C20H16N2.ClH/c1-3-7-19-15(5-1)9-11-17(21-19)13-14-18-12-10-16-6-2-4-8-20(16)22-18;/h1-12H,13-14H2;1H. The molecule has 0 amide bonds. The van der Waals surface area contributed by atoms with Gasteiger partial charge in [0.05, 0.1) is 11.0 Å². The van der Waals surface area contributed by atoms with Crippen molar-refractivity contribution >= 4 is 34.2 Å². The molecule has 2 aromatic heterocycles. The van der Waals surface area contributed by atoms with Crippen molar-refractivity contribution in [3.8, 4) is 0 Å². The van der Waals surface area contributed by atoms with Crippen LogP contribution in [0.15, 0.2) is 72.8 Å². The van der Waals surface area contributed by atoms with E-state index >= 15 is 0 Å². The Morgan fingerprint density at radius 3 is 1.43 bits per heavy atom. The molecule has 4 rings (SSSR count). The number of fused-ring (bicyclic) bond motifs is 2. The highest BCUT2D eigenvalue weighted by atomic mass is 35.5. The number of halogens is 1. The van der Waals surface area contributed by atoms with Crippen LogP contribution in [-0.2, 0) is 12.8 Å². The predicted octanol–water partition coefficient (Wildman–Crippen LogP) is 4.99. The monoisotopic (exact) mass is 320 g/mol. The number of hydrogen-bond donors (Lipinski definition) is 0. The van der Waals surface area contributed by atoms with Gasteiger partial charge < -0.3 is 0 Å². The van der Waals surface area contributed by atoms with Crippen LogP contribution in [0.3, 0.4) is 0 Å². The first-order valence-corrected chi connectivity index (χ1v) is 7.58. The summed E-state index contributed by atoms with van der Waals surface area (Å²) in [7, 11) is 0. The van der Waals surface area contributed by atoms with E-state index in [0.717, 1.165) is 35.3 Å². The van der Waals surface area contributed by atoms with Gasteiger partial charge in [-0.25, -0.2) is 0 Å². The first kappa shape index (κ1) is 15.4. The van der Waals surface area contributed by atoms with E-state index in [-0.39, 0.29) is 12.4 Å². The fraction of sp³-hybridized carbons (Fsp3) is 0.100. The molecule has 3 heteroatoms. The quantitative estimate of drug-likeness (QED) is 0.531. The summed E-state index contributed by atoms with van der Waals surface area (Å²) in [4.78, 5) is 9.45. The first-order chi connectivity index (χ1) is 10.9. The van der Waals surface area contributed by atoms with Crippen LogP contribution in [0, 0.1) is 0 Å². The number of hydrogen-bond acceptors (Lipinski definition) is 2. The fourth-order valence-electron chi connectivity index (χ4n) is 2.75. The van der Waals surface area contributed by atoms with Gasteiger partial charge in [-0.1, -0.05) is 48.5 Å². The van der Waals surface area contributed by atoms with Crippen LogP contribution in [0.5, 0.6) is 0 Å². The summed E-state index contributed by atoms with van der Waals surface area (Å²) in [6, 6.07) is 25.0. The van der Waals surface area contributed by atoms with E-state index in [0.29, 0.717) is 0 Å². The van der Waals surface area contributed by atoms with Gasteiger partial charge in [0.2, 0.25) is 0 Å². The van der Waals surface area contributed by atoms with Crippen molar-refractivity contribution in [1.82, 2.24) is 9.97 Å². The van der Waals surface area contributed by atoms with E-state index in [4.69, 9.17) is 9.97 Å². The van der Waals surface area contributed by atoms with Crippen molar-refractivity contribution in [2.45, 2.75) is 12.8 Å². The molecule has 0 aliphatic carbocycles. The van der Waals surface area contributed by atoms with Crippen LogP contribution in [0.4, 0.5) is 0 Å². The second-order valence-corrected chi connectivity index (χ2v) is 5.49. The van der Waals surface area contributed by atoms with Gasteiger partial charge >= 0.3 is 0 Å². The van der Waals surface area contributed by atoms with E-state index in [9.17, 15) is 0 Å². The Labute approximate surface area is 141 Å². The normalized spacial score (nSPS) is 10.6. The van der Waals surface area contributed by atoms with E-state index < -0.39 is 0 Å². The second-order valence-electron chi connectivity index (χ2n) is 5.49. The zero-order chi connectivity index (χ0) is 14.8. The molecule has 2 heterocycles. The third kappa shape index (κ3) is 3.33. The van der Waals surface area contributed by atoms with Gasteiger partial charge in [0.1, 0.15) is 0 Å². The molecule has 114 valence electrons. The summed E-state index contributed by atoms with van der Waals surface area (Å²) in [6.45, 7) is 0. The van der Waals surface area contributed by atoms with Gasteiger partial charge in [-0.15, -0.1) is 12.4 Å². The van der Waals surface area contributed by atoms with Gasteiger partial charge in [-0.2, -0.15) is 0 Å². The molecule has 4 aromatic rings. The van der Waals surface area contributed by atoms with Gasteiger partial charge in [0.25, 0.3) is 0 Å². The van der Waals surface area contributed by atoms with Gasteiger partial charge in [-0.05, 0) is 37.1 Å². The average Bonchev–Trinajstić information content (AvgIpc) is 2.59. The van der Waals surface area contributed by atoms with E-state index in [1.807, 2.05) is 24.3 Å². The Hall–Kier alpha value is -2.45. The highest BCUT2D eigenvalue weighted by Gasteiger charge is 2.02. The molecular formula is C20H17ClN2. The van der Waals surface area contributed by atoms with Crippen LogP contribution < -0.4 is 0 Å². The lowest BCUT2D eigenvalue weighted by atomic mass is 10.1. The summed E-state index contributed by atoms with van der Waals surface area (Å²) < 4.78 is 0. The number of rotatable bonds is 3. The number of aryl methyl sites for hydroxylation is 2. The van der Waals surface area contributed by atoms with Crippen LogP contribution in [0.1, 0.15) is 11.4 Å². The molecule has 0 bridgehead atoms. The van der Waals surface area contributed by atoms with E-state index in [1.54, 1.807) is 0 Å². The summed E-state index contributed by atoms with van der Waals surface area (Å²) >= 11 is 0. The molecule has 2 nitrogen and oxygen atoms in total. The zero-order valence-corrected chi connectivity index (χ0v) is 13.5. The lowest BCUT2D eigenvalue weighted by Gasteiger charge is -2.04. The smallest absolute Gasteiger partial charge is 0.0705 e. The maximum atomic E-state index is 4.72. The summed E-state index contributed by atoms with van der Waals surface area (Å²) in [6.07, 6.45) is 1.83. The minimum Gasteiger partial charge on any atom is -0.253 e. The second kappa shape index (κ2) is 6.76. The van der Waals surface area contributed by atoms with Crippen molar-refractivity contribution < 1.29 is 0 Å². The highest BCUT2D eigenvalue weighted by molar-refractivity contribution is 5.85.